The number of anilines is 1. The minimum atomic E-state index is -0.446. The van der Waals surface area contributed by atoms with Gasteiger partial charge in [-0.3, -0.25) is 9.88 Å². The molecule has 194 valence electrons. The molecule has 0 unspecified atom stereocenters. The van der Waals surface area contributed by atoms with E-state index in [1.54, 1.807) is 0 Å². The minimum absolute atomic E-state index is 0.344. The molecule has 0 radical (unpaired) electrons. The Kier molecular flexibility index (Phi) is 8.36. The Morgan fingerprint density at radius 3 is 2.92 bits per heavy atom. The van der Waals surface area contributed by atoms with Crippen molar-refractivity contribution in [1.29, 1.82) is 0 Å². The van der Waals surface area contributed by atoms with E-state index in [0.717, 1.165) is 78.0 Å². The fourth-order valence-electron chi connectivity index (χ4n) is 6.07. The molecule has 3 heterocycles. The molecule has 1 fully saturated rings. The van der Waals surface area contributed by atoms with E-state index < -0.39 is 6.03 Å². The zero-order valence-corrected chi connectivity index (χ0v) is 21.3. The number of hydrogen-bond donors (Lipinski definition) is 3. The molecule has 1 aromatic carbocycles. The van der Waals surface area contributed by atoms with Crippen molar-refractivity contribution in [3.63, 3.8) is 0 Å². The highest BCUT2D eigenvalue weighted by Gasteiger charge is 2.31. The fraction of sp³-hybridized carbons (Fsp3) is 0.571. The molecule has 2 atom stereocenters. The molecule has 4 N–H and O–H groups in total. The molecule has 8 heteroatoms. The number of primary amides is 1. The van der Waals surface area contributed by atoms with Gasteiger partial charge >= 0.3 is 6.03 Å². The van der Waals surface area contributed by atoms with E-state index in [1.165, 1.54) is 34.5 Å². The Balaban J connectivity index is 1.31. The van der Waals surface area contributed by atoms with Crippen LogP contribution in [0.1, 0.15) is 54.1 Å². The first kappa shape index (κ1) is 25.0. The highest BCUT2D eigenvalue weighted by Crippen LogP contribution is 2.34. The zero-order chi connectivity index (χ0) is 24.7. The predicted molar refractivity (Wildman–Crippen MR) is 142 cm³/mol. The molecule has 3 aliphatic rings. The summed E-state index contributed by atoms with van der Waals surface area (Å²) in [5, 5.41) is 6.56. The normalized spacial score (nSPS) is 21.6. The maximum absolute atomic E-state index is 11.1. The van der Waals surface area contributed by atoms with Crippen molar-refractivity contribution in [2.24, 2.45) is 5.73 Å². The highest BCUT2D eigenvalue weighted by molar-refractivity contribution is 5.71. The van der Waals surface area contributed by atoms with Crippen molar-refractivity contribution >= 4 is 11.7 Å². The number of pyridine rings is 1. The maximum atomic E-state index is 11.1. The summed E-state index contributed by atoms with van der Waals surface area (Å²) in [5.74, 6) is 0. The third-order valence-corrected chi connectivity index (χ3v) is 7.86. The number of urea groups is 1. The van der Waals surface area contributed by atoms with Crippen LogP contribution in [0.4, 0.5) is 10.5 Å². The van der Waals surface area contributed by atoms with Gasteiger partial charge in [-0.25, -0.2) is 4.79 Å². The van der Waals surface area contributed by atoms with Crippen LogP contribution in [-0.2, 0) is 24.1 Å². The molecular formula is C28H40N6O2. The summed E-state index contributed by atoms with van der Waals surface area (Å²) in [7, 11) is 0. The summed E-state index contributed by atoms with van der Waals surface area (Å²) in [4.78, 5) is 21.0. The van der Waals surface area contributed by atoms with Gasteiger partial charge in [0.2, 0.25) is 0 Å². The first-order valence-electron chi connectivity index (χ1n) is 13.6. The average molecular weight is 493 g/mol. The second-order valence-electron chi connectivity index (χ2n) is 10.2. The van der Waals surface area contributed by atoms with E-state index in [4.69, 9.17) is 15.5 Å². The number of nitrogens with two attached hydrogens (primary N) is 1. The van der Waals surface area contributed by atoms with E-state index in [9.17, 15) is 4.79 Å². The molecular weight excluding hydrogens is 452 g/mol. The lowest BCUT2D eigenvalue weighted by molar-refractivity contribution is 0.122. The van der Waals surface area contributed by atoms with Crippen LogP contribution < -0.4 is 21.3 Å². The van der Waals surface area contributed by atoms with Crippen LogP contribution in [0.3, 0.4) is 0 Å². The Hall–Kier alpha value is -2.68. The Morgan fingerprint density at radius 2 is 2.06 bits per heavy atom. The van der Waals surface area contributed by atoms with Crippen molar-refractivity contribution in [1.82, 2.24) is 20.5 Å². The maximum Gasteiger partial charge on any atom is 0.312 e. The number of amides is 2. The topological polar surface area (TPSA) is 95.8 Å². The summed E-state index contributed by atoms with van der Waals surface area (Å²) in [6.07, 6.45) is 8.37. The minimum Gasteiger partial charge on any atom is -0.378 e. The molecule has 36 heavy (non-hydrogen) atoms. The van der Waals surface area contributed by atoms with Gasteiger partial charge in [0.05, 0.1) is 24.9 Å². The van der Waals surface area contributed by atoms with Crippen LogP contribution in [0.15, 0.2) is 36.5 Å². The number of carbonyl (C=O) groups is 1. The second-order valence-corrected chi connectivity index (χ2v) is 10.2. The largest absolute Gasteiger partial charge is 0.378 e. The van der Waals surface area contributed by atoms with Gasteiger partial charge in [-0.15, -0.1) is 0 Å². The standard InChI is InChI=1S/C28H40N6O2/c29-28(35)31-11-1-2-13-34(26-10-3-6-21-8-5-12-30-27(21)26)20-23-18-24-22(19-32-23)7-4-9-25(24)33-14-16-36-17-15-33/h4-5,7-9,12,23,26,32H,1-3,6,10-11,13-20H2,(H3,29,31,35)/t23-,26+/m1/s1. The number of morpholine rings is 1. The Labute approximate surface area is 214 Å². The number of nitrogens with zero attached hydrogens (tertiary/aromatic N) is 3. The van der Waals surface area contributed by atoms with Crippen LogP contribution in [0.5, 0.6) is 0 Å². The van der Waals surface area contributed by atoms with Gasteiger partial charge in [-0.05, 0) is 73.9 Å². The van der Waals surface area contributed by atoms with Gasteiger partial charge in [-0.1, -0.05) is 18.2 Å². The molecule has 0 saturated carbocycles. The Bertz CT molecular complexity index is 1020. The van der Waals surface area contributed by atoms with Crippen LogP contribution in [0.2, 0.25) is 0 Å². The lowest BCUT2D eigenvalue weighted by Crippen LogP contribution is -2.47. The summed E-state index contributed by atoms with van der Waals surface area (Å²) in [5.41, 5.74) is 12.2. The summed E-state index contributed by atoms with van der Waals surface area (Å²) >= 11 is 0. The van der Waals surface area contributed by atoms with E-state index >= 15 is 0 Å². The van der Waals surface area contributed by atoms with Crippen LogP contribution in [0.25, 0.3) is 0 Å². The van der Waals surface area contributed by atoms with Crippen LogP contribution in [0, 0.1) is 0 Å². The SMILES string of the molecule is NC(=O)NCCCCN(C[C@H]1Cc2c(cccc2N2CCOCC2)CN1)[C@H]1CCCc2cccnc21. The number of rotatable bonds is 9. The van der Waals surface area contributed by atoms with Crippen molar-refractivity contribution in [2.75, 3.05) is 50.8 Å². The highest BCUT2D eigenvalue weighted by atomic mass is 16.5. The van der Waals surface area contributed by atoms with Crippen LogP contribution >= 0.6 is 0 Å². The molecule has 0 spiro atoms. The number of nitrogens with one attached hydrogen (secondary N) is 2. The fourth-order valence-corrected chi connectivity index (χ4v) is 6.07. The van der Waals surface area contributed by atoms with Crippen molar-refractivity contribution in [3.8, 4) is 0 Å². The summed E-state index contributed by atoms with van der Waals surface area (Å²) in [6.45, 7) is 7.04. The van der Waals surface area contributed by atoms with Gasteiger partial charge in [0, 0.05) is 50.6 Å². The monoisotopic (exact) mass is 492 g/mol. The third-order valence-electron chi connectivity index (χ3n) is 7.86. The lowest BCUT2D eigenvalue weighted by atomic mass is 9.89. The first-order chi connectivity index (χ1) is 17.7. The van der Waals surface area contributed by atoms with Crippen molar-refractivity contribution < 1.29 is 9.53 Å². The summed E-state index contributed by atoms with van der Waals surface area (Å²) < 4.78 is 5.61. The van der Waals surface area contributed by atoms with E-state index in [2.05, 4.69) is 50.8 Å². The molecule has 2 aliphatic heterocycles. The van der Waals surface area contributed by atoms with E-state index in [0.29, 0.717) is 18.6 Å². The Morgan fingerprint density at radius 1 is 1.19 bits per heavy atom. The van der Waals surface area contributed by atoms with Crippen molar-refractivity contribution in [3.05, 3.63) is 58.9 Å². The predicted octanol–water partition coefficient (Wildman–Crippen LogP) is 2.76. The lowest BCUT2D eigenvalue weighted by Gasteiger charge is -2.39. The molecule has 2 aromatic rings. The van der Waals surface area contributed by atoms with Gasteiger partial charge < -0.3 is 26.0 Å². The molecule has 1 aromatic heterocycles. The van der Waals surface area contributed by atoms with Crippen LogP contribution in [-0.4, -0.2) is 67.9 Å². The number of carbonyl (C=O) groups excluding carboxylic acids is 1. The van der Waals surface area contributed by atoms with E-state index in [-0.39, 0.29) is 0 Å². The smallest absolute Gasteiger partial charge is 0.312 e. The van der Waals surface area contributed by atoms with Gasteiger partial charge in [-0.2, -0.15) is 0 Å². The van der Waals surface area contributed by atoms with Gasteiger partial charge in [0.15, 0.2) is 0 Å². The molecule has 1 aliphatic carbocycles. The van der Waals surface area contributed by atoms with Gasteiger partial charge in [0.25, 0.3) is 0 Å². The van der Waals surface area contributed by atoms with Crippen molar-refractivity contribution in [2.45, 2.75) is 57.2 Å². The molecule has 8 nitrogen and oxygen atoms in total. The number of hydrogen-bond acceptors (Lipinski definition) is 6. The number of benzene rings is 1. The number of aromatic nitrogens is 1. The number of fused-ring (bicyclic) bond motifs is 2. The quantitative estimate of drug-likeness (QED) is 0.466. The molecule has 1 saturated heterocycles. The third kappa shape index (κ3) is 5.99. The molecule has 0 bridgehead atoms. The second kappa shape index (κ2) is 12.0. The molecule has 5 rings (SSSR count). The number of aryl methyl sites for hydroxylation is 1. The van der Waals surface area contributed by atoms with Gasteiger partial charge in [0.1, 0.15) is 0 Å². The number of ether oxygens (including phenoxy) is 1. The molecule has 2 amide bonds. The van der Waals surface area contributed by atoms with E-state index in [1.807, 2.05) is 6.20 Å². The first-order valence-corrected chi connectivity index (χ1v) is 13.6. The number of unbranched alkanes of at least 4 members (excludes halogenated alkanes) is 1. The zero-order valence-electron chi connectivity index (χ0n) is 21.3. The average Bonchev–Trinajstić information content (AvgIpc) is 2.92. The summed E-state index contributed by atoms with van der Waals surface area (Å²) in [6, 6.07) is 11.3.